The number of nitrogens with zero attached hydrogens (tertiary/aromatic N) is 1. The first-order chi connectivity index (χ1) is 11.8. The van der Waals surface area contributed by atoms with Crippen LogP contribution in [0, 0.1) is 5.92 Å². The fourth-order valence-corrected chi connectivity index (χ4v) is 4.37. The second-order valence-electron chi connectivity index (χ2n) is 5.99. The van der Waals surface area contributed by atoms with Gasteiger partial charge in [0.1, 0.15) is 0 Å². The van der Waals surface area contributed by atoms with Gasteiger partial charge in [-0.15, -0.1) is 0 Å². The molecule has 1 saturated heterocycles. The molecule has 0 spiro atoms. The molecule has 0 radical (unpaired) electrons. The van der Waals surface area contributed by atoms with Gasteiger partial charge in [0.2, 0.25) is 15.0 Å². The molecule has 1 aliphatic rings. The van der Waals surface area contributed by atoms with Crippen molar-refractivity contribution in [3.63, 3.8) is 0 Å². The van der Waals surface area contributed by atoms with E-state index in [1.807, 2.05) is 6.07 Å². The van der Waals surface area contributed by atoms with E-state index in [0.717, 1.165) is 0 Å². The third-order valence-electron chi connectivity index (χ3n) is 4.12. The second-order valence-corrected chi connectivity index (χ2v) is 8.81. The Bertz CT molecular complexity index is 912. The van der Waals surface area contributed by atoms with Crippen molar-refractivity contribution < 1.29 is 18.0 Å². The molecule has 0 aliphatic carbocycles. The van der Waals surface area contributed by atoms with Crippen molar-refractivity contribution in [2.24, 2.45) is 5.92 Å². The first kappa shape index (κ1) is 17.6. The SMILES string of the molecule is O=C(c1ccccc1)c1ccccc1N1CC(CS(=O)(=O)Cl)CC1=O. The lowest BCUT2D eigenvalue weighted by atomic mass is 10.0. The Morgan fingerprint density at radius 2 is 1.72 bits per heavy atom. The Morgan fingerprint density at radius 3 is 2.40 bits per heavy atom. The number of carbonyl (C=O) groups excluding carboxylic acids is 2. The van der Waals surface area contributed by atoms with Gasteiger partial charge in [-0.1, -0.05) is 42.5 Å². The highest BCUT2D eigenvalue weighted by Gasteiger charge is 2.34. The summed E-state index contributed by atoms with van der Waals surface area (Å²) < 4.78 is 22.6. The van der Waals surface area contributed by atoms with Gasteiger partial charge in [-0.3, -0.25) is 9.59 Å². The normalized spacial score (nSPS) is 17.7. The molecular formula is C18H16ClNO4S. The maximum absolute atomic E-state index is 12.8. The average molecular weight is 378 g/mol. The lowest BCUT2D eigenvalue weighted by molar-refractivity contribution is -0.117. The summed E-state index contributed by atoms with van der Waals surface area (Å²) in [4.78, 5) is 26.6. The quantitative estimate of drug-likeness (QED) is 0.593. The minimum Gasteiger partial charge on any atom is -0.311 e. The molecule has 2 aromatic carbocycles. The van der Waals surface area contributed by atoms with Crippen LogP contribution in [-0.4, -0.2) is 32.4 Å². The van der Waals surface area contributed by atoms with Crippen molar-refractivity contribution in [2.75, 3.05) is 17.2 Å². The molecule has 5 nitrogen and oxygen atoms in total. The van der Waals surface area contributed by atoms with E-state index in [4.69, 9.17) is 10.7 Å². The summed E-state index contributed by atoms with van der Waals surface area (Å²) in [5, 5.41) is 0. The molecular weight excluding hydrogens is 362 g/mol. The Balaban J connectivity index is 1.91. The summed E-state index contributed by atoms with van der Waals surface area (Å²) in [5.41, 5.74) is 1.44. The van der Waals surface area contributed by atoms with Crippen molar-refractivity contribution in [1.29, 1.82) is 0 Å². The van der Waals surface area contributed by atoms with E-state index < -0.39 is 9.05 Å². The number of benzene rings is 2. The first-order valence-electron chi connectivity index (χ1n) is 7.76. The second kappa shape index (κ2) is 6.98. The molecule has 1 unspecified atom stereocenters. The predicted octanol–water partition coefficient (Wildman–Crippen LogP) is 2.84. The lowest BCUT2D eigenvalue weighted by Gasteiger charge is -2.20. The van der Waals surface area contributed by atoms with E-state index in [1.54, 1.807) is 48.5 Å². The van der Waals surface area contributed by atoms with E-state index in [9.17, 15) is 18.0 Å². The van der Waals surface area contributed by atoms with Crippen molar-refractivity contribution in [2.45, 2.75) is 6.42 Å². The van der Waals surface area contributed by atoms with E-state index in [1.165, 1.54) is 4.90 Å². The zero-order chi connectivity index (χ0) is 18.0. The van der Waals surface area contributed by atoms with Crippen molar-refractivity contribution in [3.8, 4) is 0 Å². The van der Waals surface area contributed by atoms with Gasteiger partial charge in [0.15, 0.2) is 5.78 Å². The number of ketones is 1. The Hall–Kier alpha value is -2.18. The van der Waals surface area contributed by atoms with Crippen LogP contribution >= 0.6 is 10.7 Å². The molecule has 1 amide bonds. The van der Waals surface area contributed by atoms with E-state index in [2.05, 4.69) is 0 Å². The van der Waals surface area contributed by atoms with E-state index >= 15 is 0 Å². The number of hydrogen-bond donors (Lipinski definition) is 0. The standard InChI is InChI=1S/C18H16ClNO4S/c19-25(23,24)12-13-10-17(21)20(11-13)16-9-5-4-8-15(16)18(22)14-6-2-1-3-7-14/h1-9,13H,10-12H2. The molecule has 130 valence electrons. The number of anilines is 1. The molecule has 1 aliphatic heterocycles. The highest BCUT2D eigenvalue weighted by molar-refractivity contribution is 8.13. The largest absolute Gasteiger partial charge is 0.311 e. The van der Waals surface area contributed by atoms with Gasteiger partial charge in [0.25, 0.3) is 0 Å². The summed E-state index contributed by atoms with van der Waals surface area (Å²) in [5.74, 6) is -1.03. The molecule has 25 heavy (non-hydrogen) atoms. The minimum absolute atomic E-state index is 0.0970. The zero-order valence-corrected chi connectivity index (χ0v) is 14.8. The van der Waals surface area contributed by atoms with Gasteiger partial charge in [-0.25, -0.2) is 8.42 Å². The molecule has 0 N–H and O–H groups in total. The van der Waals surface area contributed by atoms with Gasteiger partial charge >= 0.3 is 0 Å². The molecule has 0 aromatic heterocycles. The van der Waals surface area contributed by atoms with Crippen molar-refractivity contribution in [1.82, 2.24) is 0 Å². The summed E-state index contributed by atoms with van der Waals surface area (Å²) in [7, 11) is 1.63. The topological polar surface area (TPSA) is 71.5 Å². The number of carbonyl (C=O) groups is 2. The molecule has 0 bridgehead atoms. The van der Waals surface area contributed by atoms with Crippen molar-refractivity contribution in [3.05, 3.63) is 65.7 Å². The molecule has 7 heteroatoms. The summed E-state index contributed by atoms with van der Waals surface area (Å²) >= 11 is 0. The molecule has 3 rings (SSSR count). The third-order valence-corrected chi connectivity index (χ3v) is 5.36. The van der Waals surface area contributed by atoms with Crippen LogP contribution in [0.1, 0.15) is 22.3 Å². The van der Waals surface area contributed by atoms with Gasteiger partial charge in [0, 0.05) is 40.7 Å². The predicted molar refractivity (Wildman–Crippen MR) is 96.4 cm³/mol. The number of para-hydroxylation sites is 1. The highest BCUT2D eigenvalue weighted by atomic mass is 35.7. The van der Waals surface area contributed by atoms with Crippen LogP contribution in [0.3, 0.4) is 0 Å². The van der Waals surface area contributed by atoms with Crippen LogP contribution in [0.15, 0.2) is 54.6 Å². The van der Waals surface area contributed by atoms with Crippen LogP contribution in [-0.2, 0) is 13.8 Å². The van der Waals surface area contributed by atoms with Crippen LogP contribution in [0.4, 0.5) is 5.69 Å². The van der Waals surface area contributed by atoms with Crippen LogP contribution in [0.5, 0.6) is 0 Å². The van der Waals surface area contributed by atoms with Gasteiger partial charge in [-0.2, -0.15) is 0 Å². The number of rotatable bonds is 5. The Labute approximate surface area is 150 Å². The monoisotopic (exact) mass is 377 g/mol. The summed E-state index contributed by atoms with van der Waals surface area (Å²) in [6.07, 6.45) is 0.0970. The zero-order valence-electron chi connectivity index (χ0n) is 13.3. The lowest BCUT2D eigenvalue weighted by Crippen LogP contribution is -2.27. The number of halogens is 1. The molecule has 1 fully saturated rings. The van der Waals surface area contributed by atoms with Gasteiger partial charge in [0.05, 0.1) is 11.4 Å². The minimum atomic E-state index is -3.68. The van der Waals surface area contributed by atoms with E-state index in [-0.39, 0.29) is 36.3 Å². The summed E-state index contributed by atoms with van der Waals surface area (Å²) in [6, 6.07) is 15.7. The highest BCUT2D eigenvalue weighted by Crippen LogP contribution is 2.30. The van der Waals surface area contributed by atoms with Crippen LogP contribution in [0.25, 0.3) is 0 Å². The van der Waals surface area contributed by atoms with Crippen LogP contribution in [0.2, 0.25) is 0 Å². The molecule has 1 atom stereocenters. The Kier molecular flexibility index (Phi) is 4.92. The molecule has 1 heterocycles. The summed E-state index contributed by atoms with van der Waals surface area (Å²) in [6.45, 7) is 0.226. The maximum Gasteiger partial charge on any atom is 0.232 e. The smallest absolute Gasteiger partial charge is 0.232 e. The van der Waals surface area contributed by atoms with Crippen LogP contribution < -0.4 is 4.90 Å². The molecule has 0 saturated carbocycles. The third kappa shape index (κ3) is 4.08. The van der Waals surface area contributed by atoms with Crippen molar-refractivity contribution >= 4 is 37.1 Å². The Morgan fingerprint density at radius 1 is 1.08 bits per heavy atom. The van der Waals surface area contributed by atoms with Gasteiger partial charge < -0.3 is 4.90 Å². The first-order valence-corrected chi connectivity index (χ1v) is 10.2. The number of amides is 1. The number of hydrogen-bond acceptors (Lipinski definition) is 4. The van der Waals surface area contributed by atoms with E-state index in [0.29, 0.717) is 16.8 Å². The average Bonchev–Trinajstić information content (AvgIpc) is 2.93. The fraction of sp³-hybridized carbons (Fsp3) is 0.222. The fourth-order valence-electron chi connectivity index (χ4n) is 3.05. The molecule has 2 aromatic rings. The maximum atomic E-state index is 12.8. The van der Waals surface area contributed by atoms with Gasteiger partial charge in [-0.05, 0) is 12.1 Å².